The lowest BCUT2D eigenvalue weighted by Crippen LogP contribution is -2.28. The molecule has 176 valence electrons. The van der Waals surface area contributed by atoms with E-state index in [2.05, 4.69) is 20.6 Å². The number of hydrogen-bond acceptors (Lipinski definition) is 8. The maximum atomic E-state index is 13.1. The predicted octanol–water partition coefficient (Wildman–Crippen LogP) is 3.82. The SMILES string of the molecule is Cc1ccc(NC(O)Nc2ccc(Oc3cc(N(C)CCO)ncn3)cc2)cc1C(F)(F)F. The van der Waals surface area contributed by atoms with Crippen molar-refractivity contribution in [2.75, 3.05) is 35.7 Å². The van der Waals surface area contributed by atoms with Gasteiger partial charge in [0.2, 0.25) is 12.2 Å². The molecule has 1 unspecified atom stereocenters. The first-order valence-electron chi connectivity index (χ1n) is 9.96. The number of halogens is 3. The van der Waals surface area contributed by atoms with Gasteiger partial charge in [0, 0.05) is 31.0 Å². The topological polar surface area (TPSA) is 103 Å². The van der Waals surface area contributed by atoms with Gasteiger partial charge in [-0.3, -0.25) is 0 Å². The fourth-order valence-corrected chi connectivity index (χ4v) is 2.97. The summed E-state index contributed by atoms with van der Waals surface area (Å²) in [5, 5.41) is 24.5. The molecule has 0 saturated carbocycles. The summed E-state index contributed by atoms with van der Waals surface area (Å²) >= 11 is 0. The van der Waals surface area contributed by atoms with Crippen LogP contribution in [0.25, 0.3) is 0 Å². The number of aliphatic hydroxyl groups excluding tert-OH is 2. The molecule has 4 N–H and O–H groups in total. The maximum Gasteiger partial charge on any atom is 0.416 e. The Bertz CT molecular complexity index is 1060. The molecule has 33 heavy (non-hydrogen) atoms. The number of aryl methyl sites for hydroxylation is 1. The molecule has 3 rings (SSSR count). The van der Waals surface area contributed by atoms with Gasteiger partial charge in [-0.1, -0.05) is 6.07 Å². The first-order chi connectivity index (χ1) is 15.7. The van der Waals surface area contributed by atoms with Crippen molar-refractivity contribution >= 4 is 17.2 Å². The average molecular weight is 463 g/mol. The minimum absolute atomic E-state index is 0.0146. The maximum absolute atomic E-state index is 13.1. The van der Waals surface area contributed by atoms with Crippen molar-refractivity contribution < 1.29 is 28.1 Å². The summed E-state index contributed by atoms with van der Waals surface area (Å²) < 4.78 is 44.9. The molecule has 3 aromatic rings. The molecule has 0 bridgehead atoms. The van der Waals surface area contributed by atoms with Gasteiger partial charge < -0.3 is 30.5 Å². The molecule has 0 amide bonds. The molecule has 0 aliphatic carbocycles. The molecule has 1 aromatic heterocycles. The molecule has 1 heterocycles. The molecule has 2 aromatic carbocycles. The molecule has 0 aliphatic rings. The van der Waals surface area contributed by atoms with Crippen LogP contribution in [0, 0.1) is 6.92 Å². The highest BCUT2D eigenvalue weighted by molar-refractivity contribution is 5.53. The molecule has 0 radical (unpaired) electrons. The van der Waals surface area contributed by atoms with Crippen LogP contribution in [0.2, 0.25) is 0 Å². The zero-order chi connectivity index (χ0) is 24.0. The Labute approximate surface area is 188 Å². The van der Waals surface area contributed by atoms with E-state index in [-0.39, 0.29) is 17.9 Å². The highest BCUT2D eigenvalue weighted by atomic mass is 19.4. The molecule has 8 nitrogen and oxygen atoms in total. The minimum Gasteiger partial charge on any atom is -0.439 e. The van der Waals surface area contributed by atoms with Crippen LogP contribution in [0.4, 0.5) is 30.4 Å². The Morgan fingerprint density at radius 2 is 1.70 bits per heavy atom. The normalized spacial score (nSPS) is 12.2. The van der Waals surface area contributed by atoms with Crippen molar-refractivity contribution in [1.82, 2.24) is 9.97 Å². The van der Waals surface area contributed by atoms with Gasteiger partial charge in [-0.15, -0.1) is 0 Å². The highest BCUT2D eigenvalue weighted by Crippen LogP contribution is 2.33. The van der Waals surface area contributed by atoms with Crippen LogP contribution in [0.1, 0.15) is 11.1 Å². The molecular formula is C22H24F3N5O3. The standard InChI is InChI=1S/C22H24F3N5O3/c1-14-3-4-16(11-18(14)22(23,24)25)29-21(32)28-15-5-7-17(8-6-15)33-20-12-19(26-13-27-20)30(2)9-10-31/h3-8,11-13,21,28-29,31-32H,9-10H2,1-2H3. The largest absolute Gasteiger partial charge is 0.439 e. The number of rotatable bonds is 9. The zero-order valence-corrected chi connectivity index (χ0v) is 18.0. The van der Waals surface area contributed by atoms with E-state index in [0.29, 0.717) is 29.7 Å². The summed E-state index contributed by atoms with van der Waals surface area (Å²) in [4.78, 5) is 9.93. The number of benzene rings is 2. The van der Waals surface area contributed by atoms with Gasteiger partial charge in [0.05, 0.1) is 12.2 Å². The van der Waals surface area contributed by atoms with Gasteiger partial charge in [0.25, 0.3) is 0 Å². The number of likely N-dealkylation sites (N-methyl/N-ethyl adjacent to an activating group) is 1. The number of aliphatic hydroxyl groups is 2. The monoisotopic (exact) mass is 463 g/mol. The molecule has 11 heteroatoms. The summed E-state index contributed by atoms with van der Waals surface area (Å²) in [6, 6.07) is 11.9. The summed E-state index contributed by atoms with van der Waals surface area (Å²) in [6.07, 6.45) is -4.45. The number of anilines is 3. The number of ether oxygens (including phenoxy) is 1. The summed E-state index contributed by atoms with van der Waals surface area (Å²) in [6.45, 7) is 1.77. The number of aromatic nitrogens is 2. The second-order valence-corrected chi connectivity index (χ2v) is 7.20. The van der Waals surface area contributed by atoms with Gasteiger partial charge >= 0.3 is 6.18 Å². The average Bonchev–Trinajstić information content (AvgIpc) is 2.76. The van der Waals surface area contributed by atoms with Gasteiger partial charge in [0.15, 0.2) is 0 Å². The van der Waals surface area contributed by atoms with E-state index >= 15 is 0 Å². The Morgan fingerprint density at radius 1 is 1.03 bits per heavy atom. The molecule has 0 fully saturated rings. The van der Waals surface area contributed by atoms with E-state index in [0.717, 1.165) is 6.07 Å². The minimum atomic E-state index is -4.48. The van der Waals surface area contributed by atoms with Gasteiger partial charge in [-0.05, 0) is 48.9 Å². The lowest BCUT2D eigenvalue weighted by molar-refractivity contribution is -0.138. The Morgan fingerprint density at radius 3 is 2.36 bits per heavy atom. The van der Waals surface area contributed by atoms with Crippen LogP contribution in [-0.2, 0) is 6.18 Å². The summed E-state index contributed by atoms with van der Waals surface area (Å²) in [5.41, 5.74) is -0.0336. The Kier molecular flexibility index (Phi) is 7.56. The quantitative estimate of drug-likeness (QED) is 0.355. The molecule has 0 aliphatic heterocycles. The Balaban J connectivity index is 1.60. The van der Waals surface area contributed by atoms with Crippen LogP contribution in [-0.4, -0.2) is 46.7 Å². The fraction of sp³-hybridized carbons (Fsp3) is 0.273. The van der Waals surface area contributed by atoms with E-state index in [1.165, 1.54) is 25.4 Å². The Hall–Kier alpha value is -3.57. The smallest absolute Gasteiger partial charge is 0.416 e. The third-order valence-electron chi connectivity index (χ3n) is 4.68. The van der Waals surface area contributed by atoms with Gasteiger partial charge in [0.1, 0.15) is 17.9 Å². The van der Waals surface area contributed by atoms with Crippen molar-refractivity contribution in [3.8, 4) is 11.6 Å². The highest BCUT2D eigenvalue weighted by Gasteiger charge is 2.32. The molecule has 0 saturated heterocycles. The van der Waals surface area contributed by atoms with Crippen LogP contribution >= 0.6 is 0 Å². The van der Waals surface area contributed by atoms with E-state index in [1.807, 2.05) is 0 Å². The third kappa shape index (κ3) is 6.70. The number of alkyl halides is 3. The van der Waals surface area contributed by atoms with Crippen molar-refractivity contribution in [1.29, 1.82) is 0 Å². The third-order valence-corrected chi connectivity index (χ3v) is 4.68. The second kappa shape index (κ2) is 10.4. The number of nitrogens with one attached hydrogen (secondary N) is 2. The van der Waals surface area contributed by atoms with Crippen LogP contribution in [0.5, 0.6) is 11.6 Å². The molecule has 1 atom stereocenters. The van der Waals surface area contributed by atoms with Crippen LogP contribution in [0.15, 0.2) is 54.9 Å². The van der Waals surface area contributed by atoms with Crippen molar-refractivity contribution in [2.45, 2.75) is 19.5 Å². The number of nitrogens with zero attached hydrogens (tertiary/aromatic N) is 3. The van der Waals surface area contributed by atoms with Crippen molar-refractivity contribution in [3.05, 3.63) is 66.0 Å². The summed E-state index contributed by atoms with van der Waals surface area (Å²) in [7, 11) is 1.78. The first kappa shape index (κ1) is 24.1. The first-order valence-corrected chi connectivity index (χ1v) is 9.96. The van der Waals surface area contributed by atoms with Crippen molar-refractivity contribution in [2.24, 2.45) is 0 Å². The predicted molar refractivity (Wildman–Crippen MR) is 118 cm³/mol. The number of hydrogen-bond donors (Lipinski definition) is 4. The van der Waals surface area contributed by atoms with E-state index < -0.39 is 18.1 Å². The van der Waals surface area contributed by atoms with E-state index in [1.54, 1.807) is 42.3 Å². The van der Waals surface area contributed by atoms with E-state index in [9.17, 15) is 18.3 Å². The summed E-state index contributed by atoms with van der Waals surface area (Å²) in [5.74, 6) is 1.38. The van der Waals surface area contributed by atoms with Crippen LogP contribution < -0.4 is 20.3 Å². The second-order valence-electron chi connectivity index (χ2n) is 7.20. The van der Waals surface area contributed by atoms with Crippen LogP contribution in [0.3, 0.4) is 0 Å². The fourth-order valence-electron chi connectivity index (χ4n) is 2.97. The van der Waals surface area contributed by atoms with Crippen molar-refractivity contribution in [3.63, 3.8) is 0 Å². The molecule has 0 spiro atoms. The molecular weight excluding hydrogens is 439 g/mol. The van der Waals surface area contributed by atoms with Gasteiger partial charge in [-0.25, -0.2) is 9.97 Å². The zero-order valence-electron chi connectivity index (χ0n) is 18.0. The van der Waals surface area contributed by atoms with E-state index in [4.69, 9.17) is 9.84 Å². The lowest BCUT2D eigenvalue weighted by Gasteiger charge is -2.19. The van der Waals surface area contributed by atoms with Gasteiger partial charge in [-0.2, -0.15) is 13.2 Å². The lowest BCUT2D eigenvalue weighted by atomic mass is 10.1.